The lowest BCUT2D eigenvalue weighted by atomic mass is 9.95. The van der Waals surface area contributed by atoms with Crippen molar-refractivity contribution in [2.45, 2.75) is 12.5 Å². The molecule has 0 bridgehead atoms. The minimum Gasteiger partial charge on any atom is -0.372 e. The van der Waals surface area contributed by atoms with Crippen molar-refractivity contribution in [2.75, 3.05) is 13.7 Å². The van der Waals surface area contributed by atoms with Gasteiger partial charge in [0.1, 0.15) is 11.3 Å². The average molecular weight is 305 g/mol. The second-order valence-electron chi connectivity index (χ2n) is 4.84. The van der Waals surface area contributed by atoms with Crippen molar-refractivity contribution in [2.24, 2.45) is 0 Å². The van der Waals surface area contributed by atoms with Crippen LogP contribution in [0.5, 0.6) is 0 Å². The smallest absolute Gasteiger partial charge is 0.269 e. The lowest BCUT2D eigenvalue weighted by Gasteiger charge is -2.29. The van der Waals surface area contributed by atoms with Crippen LogP contribution in [-0.4, -0.2) is 24.5 Å². The van der Waals surface area contributed by atoms with Gasteiger partial charge in [-0.2, -0.15) is 0 Å². The number of ether oxygens (including phenoxy) is 1. The van der Waals surface area contributed by atoms with E-state index in [0.29, 0.717) is 17.3 Å². The summed E-state index contributed by atoms with van der Waals surface area (Å²) in [4.78, 5) is 16.1. The first-order valence-corrected chi connectivity index (χ1v) is 6.93. The maximum absolute atomic E-state index is 12.1. The van der Waals surface area contributed by atoms with Crippen molar-refractivity contribution in [1.82, 2.24) is 10.3 Å². The second-order valence-corrected chi connectivity index (χ2v) is 5.28. The van der Waals surface area contributed by atoms with Crippen LogP contribution >= 0.6 is 11.6 Å². The Balaban J connectivity index is 2.10. The zero-order valence-electron chi connectivity index (χ0n) is 12.0. The van der Waals surface area contributed by atoms with E-state index in [1.165, 1.54) is 0 Å². The molecule has 0 fully saturated rings. The highest BCUT2D eigenvalue weighted by molar-refractivity contribution is 6.30. The molecule has 0 saturated heterocycles. The third-order valence-electron chi connectivity index (χ3n) is 3.37. The number of halogens is 1. The van der Waals surface area contributed by atoms with E-state index in [1.807, 2.05) is 25.1 Å². The average Bonchev–Trinajstić information content (AvgIpc) is 2.53. The monoisotopic (exact) mass is 304 g/mol. The Morgan fingerprint density at radius 1 is 1.33 bits per heavy atom. The lowest BCUT2D eigenvalue weighted by molar-refractivity contribution is 0.00311. The number of nitrogens with zero attached hydrogens (tertiary/aromatic N) is 1. The van der Waals surface area contributed by atoms with Gasteiger partial charge in [-0.15, -0.1) is 0 Å². The quantitative estimate of drug-likeness (QED) is 0.924. The molecular weight excluding hydrogens is 288 g/mol. The Morgan fingerprint density at radius 2 is 2.14 bits per heavy atom. The first-order chi connectivity index (χ1) is 10.0. The fraction of sp³-hybridized carbons (Fsp3) is 0.250. The van der Waals surface area contributed by atoms with Crippen LogP contribution in [0.25, 0.3) is 0 Å². The van der Waals surface area contributed by atoms with Gasteiger partial charge in [0.2, 0.25) is 0 Å². The third kappa shape index (κ3) is 3.80. The largest absolute Gasteiger partial charge is 0.372 e. The Bertz CT molecular complexity index is 619. The standard InChI is InChI=1S/C16H17ClN2O2/c1-16(21-2,12-6-5-7-13(17)10-12)11-19-15(20)14-8-3-4-9-18-14/h3-10H,11H2,1-2H3,(H,19,20). The van der Waals surface area contributed by atoms with Crippen molar-refractivity contribution in [3.63, 3.8) is 0 Å². The molecule has 1 amide bonds. The van der Waals surface area contributed by atoms with Gasteiger partial charge in [0, 0.05) is 18.3 Å². The van der Waals surface area contributed by atoms with Gasteiger partial charge in [-0.1, -0.05) is 29.8 Å². The number of nitrogens with one attached hydrogen (secondary N) is 1. The Kier molecular flexibility index (Phi) is 4.94. The summed E-state index contributed by atoms with van der Waals surface area (Å²) < 4.78 is 5.57. The van der Waals surface area contributed by atoms with E-state index in [0.717, 1.165) is 5.56 Å². The number of hydrogen-bond acceptors (Lipinski definition) is 3. The SMILES string of the molecule is COC(C)(CNC(=O)c1ccccn1)c1cccc(Cl)c1. The third-order valence-corrected chi connectivity index (χ3v) is 3.60. The summed E-state index contributed by atoms with van der Waals surface area (Å²) in [6.45, 7) is 2.22. The van der Waals surface area contributed by atoms with E-state index >= 15 is 0 Å². The fourth-order valence-corrected chi connectivity index (χ4v) is 2.14. The number of benzene rings is 1. The van der Waals surface area contributed by atoms with Gasteiger partial charge in [-0.05, 0) is 36.8 Å². The molecule has 2 aromatic rings. The molecule has 0 radical (unpaired) electrons. The summed E-state index contributed by atoms with van der Waals surface area (Å²) >= 11 is 6.01. The molecule has 0 spiro atoms. The van der Waals surface area contributed by atoms with E-state index < -0.39 is 5.60 Å². The summed E-state index contributed by atoms with van der Waals surface area (Å²) in [6, 6.07) is 12.6. The minimum absolute atomic E-state index is 0.235. The highest BCUT2D eigenvalue weighted by Gasteiger charge is 2.27. The molecule has 0 aliphatic heterocycles. The topological polar surface area (TPSA) is 51.2 Å². The van der Waals surface area contributed by atoms with Crippen molar-refractivity contribution in [3.8, 4) is 0 Å². The van der Waals surface area contributed by atoms with Crippen LogP contribution in [0.15, 0.2) is 48.7 Å². The molecule has 21 heavy (non-hydrogen) atoms. The Hall–Kier alpha value is -1.91. The zero-order chi connectivity index (χ0) is 15.3. The molecule has 1 aromatic heterocycles. The molecule has 1 unspecified atom stereocenters. The predicted molar refractivity (Wildman–Crippen MR) is 82.4 cm³/mol. The molecule has 1 heterocycles. The number of rotatable bonds is 5. The number of carbonyl (C=O) groups is 1. The number of hydrogen-bond donors (Lipinski definition) is 1. The van der Waals surface area contributed by atoms with Gasteiger partial charge >= 0.3 is 0 Å². The van der Waals surface area contributed by atoms with Gasteiger partial charge < -0.3 is 10.1 Å². The maximum atomic E-state index is 12.1. The van der Waals surface area contributed by atoms with Crippen LogP contribution in [-0.2, 0) is 10.3 Å². The van der Waals surface area contributed by atoms with Crippen LogP contribution in [0.1, 0.15) is 23.0 Å². The molecule has 2 rings (SSSR count). The van der Waals surface area contributed by atoms with Gasteiger partial charge in [-0.3, -0.25) is 9.78 Å². The van der Waals surface area contributed by atoms with Crippen molar-refractivity contribution in [1.29, 1.82) is 0 Å². The van der Waals surface area contributed by atoms with Crippen LogP contribution < -0.4 is 5.32 Å². The number of aromatic nitrogens is 1. The molecule has 110 valence electrons. The first kappa shape index (κ1) is 15.5. The normalized spacial score (nSPS) is 13.5. The summed E-state index contributed by atoms with van der Waals surface area (Å²) in [5, 5.41) is 3.47. The Labute approximate surface area is 129 Å². The molecule has 0 aliphatic rings. The second kappa shape index (κ2) is 6.70. The lowest BCUT2D eigenvalue weighted by Crippen LogP contribution is -2.40. The number of amides is 1. The Morgan fingerprint density at radius 3 is 2.76 bits per heavy atom. The van der Waals surface area contributed by atoms with E-state index in [2.05, 4.69) is 10.3 Å². The first-order valence-electron chi connectivity index (χ1n) is 6.55. The zero-order valence-corrected chi connectivity index (χ0v) is 12.7. The van der Waals surface area contributed by atoms with Gasteiger partial charge in [0.05, 0.1) is 6.54 Å². The van der Waals surface area contributed by atoms with Crippen LogP contribution in [0.3, 0.4) is 0 Å². The van der Waals surface area contributed by atoms with E-state index in [9.17, 15) is 4.79 Å². The molecule has 1 atom stereocenters. The van der Waals surface area contributed by atoms with Crippen molar-refractivity contribution in [3.05, 3.63) is 64.9 Å². The number of carbonyl (C=O) groups excluding carboxylic acids is 1. The minimum atomic E-state index is -0.657. The van der Waals surface area contributed by atoms with Crippen LogP contribution in [0, 0.1) is 0 Å². The molecule has 1 N–H and O–H groups in total. The number of methoxy groups -OCH3 is 1. The van der Waals surface area contributed by atoms with Crippen LogP contribution in [0.2, 0.25) is 5.02 Å². The van der Waals surface area contributed by atoms with Gasteiger partial charge in [-0.25, -0.2) is 0 Å². The molecule has 5 heteroatoms. The van der Waals surface area contributed by atoms with Crippen molar-refractivity contribution >= 4 is 17.5 Å². The van der Waals surface area contributed by atoms with E-state index in [1.54, 1.807) is 37.6 Å². The highest BCUT2D eigenvalue weighted by Crippen LogP contribution is 2.26. The van der Waals surface area contributed by atoms with Crippen LogP contribution in [0.4, 0.5) is 0 Å². The maximum Gasteiger partial charge on any atom is 0.269 e. The highest BCUT2D eigenvalue weighted by atomic mass is 35.5. The molecule has 1 aromatic carbocycles. The number of pyridine rings is 1. The summed E-state index contributed by atoms with van der Waals surface area (Å²) in [7, 11) is 1.60. The predicted octanol–water partition coefficient (Wildman–Crippen LogP) is 3.03. The molecule has 0 saturated carbocycles. The molecule has 4 nitrogen and oxygen atoms in total. The summed E-state index contributed by atoms with van der Waals surface area (Å²) in [6.07, 6.45) is 1.58. The van der Waals surface area contributed by atoms with Gasteiger partial charge in [0.25, 0.3) is 5.91 Å². The summed E-state index contributed by atoms with van der Waals surface area (Å²) in [5.41, 5.74) is 0.621. The van der Waals surface area contributed by atoms with E-state index in [-0.39, 0.29) is 5.91 Å². The van der Waals surface area contributed by atoms with Gasteiger partial charge in [0.15, 0.2) is 0 Å². The fourth-order valence-electron chi connectivity index (χ4n) is 1.95. The van der Waals surface area contributed by atoms with E-state index in [4.69, 9.17) is 16.3 Å². The summed E-state index contributed by atoms with van der Waals surface area (Å²) in [5.74, 6) is -0.235. The molecule has 0 aliphatic carbocycles. The van der Waals surface area contributed by atoms with Crippen molar-refractivity contribution < 1.29 is 9.53 Å². The molecular formula is C16H17ClN2O2.